The summed E-state index contributed by atoms with van der Waals surface area (Å²) >= 11 is 0. The van der Waals surface area contributed by atoms with Crippen molar-refractivity contribution in [1.82, 2.24) is 0 Å². The van der Waals surface area contributed by atoms with Gasteiger partial charge in [-0.05, 0) is 29.5 Å². The van der Waals surface area contributed by atoms with Gasteiger partial charge in [-0.25, -0.2) is 0 Å². The van der Waals surface area contributed by atoms with Crippen LogP contribution in [0, 0.1) is 11.8 Å². The molecule has 1 aromatic rings. The van der Waals surface area contributed by atoms with Crippen LogP contribution in [0.1, 0.15) is 30.9 Å². The average molecular weight is 258 g/mol. The third-order valence-electron chi connectivity index (χ3n) is 3.65. The van der Waals surface area contributed by atoms with Crippen molar-refractivity contribution < 1.29 is 17.9 Å². The lowest BCUT2D eigenvalue weighted by atomic mass is 9.82. The summed E-state index contributed by atoms with van der Waals surface area (Å²) < 4.78 is 42.9. The molecule has 1 aromatic carbocycles. The number of hydrogen-bond acceptors (Lipinski definition) is 1. The van der Waals surface area contributed by atoms with E-state index in [0.29, 0.717) is 25.0 Å². The van der Waals surface area contributed by atoms with Gasteiger partial charge in [0, 0.05) is 5.92 Å². The zero-order chi connectivity index (χ0) is 13.3. The van der Waals surface area contributed by atoms with Gasteiger partial charge in [-0.1, -0.05) is 26.0 Å². The lowest BCUT2D eigenvalue weighted by Crippen LogP contribution is -2.17. The monoisotopic (exact) mass is 258 g/mol. The molecule has 2 rings (SSSR count). The highest BCUT2D eigenvalue weighted by Crippen LogP contribution is 2.37. The highest BCUT2D eigenvalue weighted by atomic mass is 19.4. The van der Waals surface area contributed by atoms with Crippen LogP contribution in [0.3, 0.4) is 0 Å². The number of benzene rings is 1. The van der Waals surface area contributed by atoms with Crippen LogP contribution >= 0.6 is 0 Å². The molecular formula is C14H17F3O. The van der Waals surface area contributed by atoms with Crippen molar-refractivity contribution in [2.24, 2.45) is 11.8 Å². The largest absolute Gasteiger partial charge is 0.416 e. The first-order valence-corrected chi connectivity index (χ1v) is 6.14. The molecule has 0 bridgehead atoms. The minimum absolute atomic E-state index is 0.215. The second-order valence-corrected chi connectivity index (χ2v) is 5.17. The van der Waals surface area contributed by atoms with Crippen molar-refractivity contribution in [1.29, 1.82) is 0 Å². The molecule has 2 atom stereocenters. The third-order valence-corrected chi connectivity index (χ3v) is 3.65. The van der Waals surface area contributed by atoms with Gasteiger partial charge >= 0.3 is 6.18 Å². The molecule has 4 heteroatoms. The van der Waals surface area contributed by atoms with E-state index in [1.54, 1.807) is 12.1 Å². The Morgan fingerprint density at radius 2 is 1.72 bits per heavy atom. The minimum atomic E-state index is -4.26. The first-order valence-electron chi connectivity index (χ1n) is 6.14. The zero-order valence-electron chi connectivity index (χ0n) is 10.5. The Labute approximate surface area is 105 Å². The SMILES string of the molecule is CC(C)[C@@H]1COC[C@H]1c1ccc(C(F)(F)F)cc1. The van der Waals surface area contributed by atoms with E-state index in [4.69, 9.17) is 4.74 Å². The van der Waals surface area contributed by atoms with Gasteiger partial charge in [0.15, 0.2) is 0 Å². The van der Waals surface area contributed by atoms with Crippen molar-refractivity contribution in [2.75, 3.05) is 13.2 Å². The molecule has 0 aromatic heterocycles. The molecule has 100 valence electrons. The molecule has 0 N–H and O–H groups in total. The van der Waals surface area contributed by atoms with Crippen LogP contribution in [-0.2, 0) is 10.9 Å². The summed E-state index contributed by atoms with van der Waals surface area (Å²) in [5, 5.41) is 0. The normalized spacial score (nSPS) is 24.8. The second-order valence-electron chi connectivity index (χ2n) is 5.17. The van der Waals surface area contributed by atoms with Gasteiger partial charge in [-0.2, -0.15) is 13.2 Å². The maximum atomic E-state index is 12.5. The predicted octanol–water partition coefficient (Wildman–Crippen LogP) is 4.09. The lowest BCUT2D eigenvalue weighted by Gasteiger charge is -2.21. The van der Waals surface area contributed by atoms with E-state index >= 15 is 0 Å². The fourth-order valence-corrected chi connectivity index (χ4v) is 2.49. The smallest absolute Gasteiger partial charge is 0.380 e. The summed E-state index contributed by atoms with van der Waals surface area (Å²) in [5.41, 5.74) is 0.352. The summed E-state index contributed by atoms with van der Waals surface area (Å²) in [6.07, 6.45) is -4.26. The highest BCUT2D eigenvalue weighted by molar-refractivity contribution is 5.28. The Hall–Kier alpha value is -1.03. The van der Waals surface area contributed by atoms with Gasteiger partial charge in [0.05, 0.1) is 18.8 Å². The van der Waals surface area contributed by atoms with E-state index < -0.39 is 11.7 Å². The van der Waals surface area contributed by atoms with Crippen LogP contribution in [0.4, 0.5) is 13.2 Å². The molecule has 1 saturated heterocycles. The summed E-state index contributed by atoms with van der Waals surface area (Å²) in [4.78, 5) is 0. The molecule has 0 amide bonds. The van der Waals surface area contributed by atoms with Crippen LogP contribution in [0.25, 0.3) is 0 Å². The molecule has 1 aliphatic heterocycles. The van der Waals surface area contributed by atoms with E-state index in [0.717, 1.165) is 17.7 Å². The van der Waals surface area contributed by atoms with Crippen LogP contribution in [0.2, 0.25) is 0 Å². The molecule has 0 unspecified atom stereocenters. The number of halogens is 3. The number of rotatable bonds is 2. The Morgan fingerprint density at radius 3 is 2.22 bits per heavy atom. The van der Waals surface area contributed by atoms with Gasteiger partial charge in [0.25, 0.3) is 0 Å². The van der Waals surface area contributed by atoms with E-state index in [9.17, 15) is 13.2 Å². The molecule has 0 saturated carbocycles. The van der Waals surface area contributed by atoms with E-state index in [1.165, 1.54) is 0 Å². The molecule has 1 nitrogen and oxygen atoms in total. The maximum Gasteiger partial charge on any atom is 0.416 e. The fraction of sp³-hybridized carbons (Fsp3) is 0.571. The van der Waals surface area contributed by atoms with Gasteiger partial charge in [-0.3, -0.25) is 0 Å². The van der Waals surface area contributed by atoms with Crippen molar-refractivity contribution >= 4 is 0 Å². The number of alkyl halides is 3. The van der Waals surface area contributed by atoms with E-state index in [2.05, 4.69) is 13.8 Å². The van der Waals surface area contributed by atoms with Gasteiger partial charge < -0.3 is 4.74 Å². The molecular weight excluding hydrogens is 241 g/mol. The van der Waals surface area contributed by atoms with Gasteiger partial charge in [0.2, 0.25) is 0 Å². The lowest BCUT2D eigenvalue weighted by molar-refractivity contribution is -0.137. The number of hydrogen-bond donors (Lipinski definition) is 0. The highest BCUT2D eigenvalue weighted by Gasteiger charge is 2.33. The van der Waals surface area contributed by atoms with E-state index in [-0.39, 0.29) is 5.92 Å². The standard InChI is InChI=1S/C14H17F3O/c1-9(2)12-7-18-8-13(12)10-3-5-11(6-4-10)14(15,16)17/h3-6,9,12-13H,7-8H2,1-2H3/t12-,13-/m0/s1. The van der Waals surface area contributed by atoms with Crippen LogP contribution in [0.15, 0.2) is 24.3 Å². The quantitative estimate of drug-likeness (QED) is 0.776. The average Bonchev–Trinajstić information content (AvgIpc) is 2.77. The van der Waals surface area contributed by atoms with Crippen molar-refractivity contribution in [3.8, 4) is 0 Å². The second kappa shape index (κ2) is 4.92. The van der Waals surface area contributed by atoms with E-state index in [1.807, 2.05) is 0 Å². The van der Waals surface area contributed by atoms with Gasteiger partial charge in [0.1, 0.15) is 0 Å². The predicted molar refractivity (Wildman–Crippen MR) is 63.3 cm³/mol. The zero-order valence-corrected chi connectivity index (χ0v) is 10.5. The summed E-state index contributed by atoms with van der Waals surface area (Å²) in [6.45, 7) is 5.55. The Bertz CT molecular complexity index is 394. The molecule has 0 radical (unpaired) electrons. The number of ether oxygens (including phenoxy) is 1. The maximum absolute atomic E-state index is 12.5. The first kappa shape index (κ1) is 13.4. The first-order chi connectivity index (χ1) is 8.39. The molecule has 0 spiro atoms. The van der Waals surface area contributed by atoms with Gasteiger partial charge in [-0.15, -0.1) is 0 Å². The van der Waals surface area contributed by atoms with Crippen molar-refractivity contribution in [3.05, 3.63) is 35.4 Å². The molecule has 1 aliphatic rings. The van der Waals surface area contributed by atoms with Crippen molar-refractivity contribution in [3.63, 3.8) is 0 Å². The Kier molecular flexibility index (Phi) is 3.66. The van der Waals surface area contributed by atoms with Crippen molar-refractivity contribution in [2.45, 2.75) is 25.9 Å². The van der Waals surface area contributed by atoms with Crippen LogP contribution < -0.4 is 0 Å². The third kappa shape index (κ3) is 2.69. The minimum Gasteiger partial charge on any atom is -0.380 e. The molecule has 1 heterocycles. The Balaban J connectivity index is 2.19. The summed E-state index contributed by atoms with van der Waals surface area (Å²) in [6, 6.07) is 5.48. The molecule has 1 fully saturated rings. The molecule has 18 heavy (non-hydrogen) atoms. The fourth-order valence-electron chi connectivity index (χ4n) is 2.49. The van der Waals surface area contributed by atoms with Crippen LogP contribution in [0.5, 0.6) is 0 Å². The topological polar surface area (TPSA) is 9.23 Å². The molecule has 0 aliphatic carbocycles. The Morgan fingerprint density at radius 1 is 1.11 bits per heavy atom. The summed E-state index contributed by atoms with van der Waals surface area (Å²) in [7, 11) is 0. The van der Waals surface area contributed by atoms with Crippen LogP contribution in [-0.4, -0.2) is 13.2 Å². The summed E-state index contributed by atoms with van der Waals surface area (Å²) in [5.74, 6) is 1.08.